The van der Waals surface area contributed by atoms with Crippen LogP contribution in [0, 0.1) is 0 Å². The van der Waals surface area contributed by atoms with Crippen LogP contribution < -0.4 is 4.90 Å². The molecule has 1 aromatic heterocycles. The fourth-order valence-electron chi connectivity index (χ4n) is 4.28. The number of carbonyl (C=O) groups is 2. The standard InChI is InChI=1S/C27H21NO4S/c29-26(30)19-9-11-20(12-10-19)28(15-18-13-14-33-17-18)27(31)32-16-25-23-7-3-1-5-21(23)22-6-2-4-8-24(22)25/h1-14,17,25H,15-16H2,(H,29,30). The van der Waals surface area contributed by atoms with Gasteiger partial charge >= 0.3 is 12.1 Å². The van der Waals surface area contributed by atoms with Crippen molar-refractivity contribution >= 4 is 29.1 Å². The highest BCUT2D eigenvalue weighted by Gasteiger charge is 2.30. The second-order valence-electron chi connectivity index (χ2n) is 7.87. The second-order valence-corrected chi connectivity index (χ2v) is 8.65. The van der Waals surface area contributed by atoms with Gasteiger partial charge in [0.05, 0.1) is 12.1 Å². The molecule has 0 aliphatic heterocycles. The van der Waals surface area contributed by atoms with Crippen LogP contribution in [0.5, 0.6) is 0 Å². The number of amides is 1. The van der Waals surface area contributed by atoms with E-state index in [9.17, 15) is 14.7 Å². The van der Waals surface area contributed by atoms with E-state index in [0.29, 0.717) is 12.2 Å². The molecule has 1 aliphatic rings. The van der Waals surface area contributed by atoms with Crippen LogP contribution in [0.3, 0.4) is 0 Å². The van der Waals surface area contributed by atoms with E-state index in [-0.39, 0.29) is 18.1 Å². The van der Waals surface area contributed by atoms with Crippen molar-refractivity contribution in [1.82, 2.24) is 0 Å². The summed E-state index contributed by atoms with van der Waals surface area (Å²) >= 11 is 1.56. The highest BCUT2D eigenvalue weighted by atomic mass is 32.1. The van der Waals surface area contributed by atoms with Crippen LogP contribution in [-0.4, -0.2) is 23.8 Å². The molecule has 1 aliphatic carbocycles. The third kappa shape index (κ3) is 4.13. The number of anilines is 1. The molecule has 164 valence electrons. The number of fused-ring (bicyclic) bond motifs is 3. The Bertz CT molecular complexity index is 1250. The summed E-state index contributed by atoms with van der Waals surface area (Å²) in [5, 5.41) is 13.1. The van der Waals surface area contributed by atoms with Crippen LogP contribution in [0.2, 0.25) is 0 Å². The highest BCUT2D eigenvalue weighted by molar-refractivity contribution is 7.07. The van der Waals surface area contributed by atoms with E-state index in [0.717, 1.165) is 16.7 Å². The summed E-state index contributed by atoms with van der Waals surface area (Å²) in [6.45, 7) is 0.562. The molecule has 3 aromatic carbocycles. The van der Waals surface area contributed by atoms with Gasteiger partial charge in [-0.05, 0) is 68.9 Å². The van der Waals surface area contributed by atoms with Crippen molar-refractivity contribution in [3.05, 3.63) is 112 Å². The van der Waals surface area contributed by atoms with Crippen LogP contribution in [-0.2, 0) is 11.3 Å². The van der Waals surface area contributed by atoms with E-state index < -0.39 is 12.1 Å². The van der Waals surface area contributed by atoms with Crippen LogP contribution in [0.4, 0.5) is 10.5 Å². The lowest BCUT2D eigenvalue weighted by atomic mass is 9.98. The predicted molar refractivity (Wildman–Crippen MR) is 129 cm³/mol. The maximum atomic E-state index is 13.3. The highest BCUT2D eigenvalue weighted by Crippen LogP contribution is 2.44. The van der Waals surface area contributed by atoms with E-state index in [1.54, 1.807) is 28.4 Å². The second kappa shape index (κ2) is 8.92. The van der Waals surface area contributed by atoms with Crippen molar-refractivity contribution in [3.8, 4) is 11.1 Å². The van der Waals surface area contributed by atoms with Crippen LogP contribution in [0.1, 0.15) is 33.0 Å². The number of nitrogens with zero attached hydrogens (tertiary/aromatic N) is 1. The lowest BCUT2D eigenvalue weighted by Gasteiger charge is -2.23. The zero-order chi connectivity index (χ0) is 22.8. The maximum Gasteiger partial charge on any atom is 0.414 e. The molecule has 0 fully saturated rings. The molecule has 0 atom stereocenters. The van der Waals surface area contributed by atoms with Crippen LogP contribution in [0.25, 0.3) is 11.1 Å². The van der Waals surface area contributed by atoms with Crippen LogP contribution in [0.15, 0.2) is 89.6 Å². The minimum absolute atomic E-state index is 0.0290. The first-order chi connectivity index (χ1) is 16.1. The minimum atomic E-state index is -1.01. The predicted octanol–water partition coefficient (Wildman–Crippen LogP) is 6.40. The molecule has 4 aromatic rings. The lowest BCUT2D eigenvalue weighted by molar-refractivity contribution is 0.0697. The largest absolute Gasteiger partial charge is 0.478 e. The topological polar surface area (TPSA) is 66.8 Å². The fraction of sp³-hybridized carbons (Fsp3) is 0.111. The molecule has 6 heteroatoms. The van der Waals surface area contributed by atoms with Crippen molar-refractivity contribution in [1.29, 1.82) is 0 Å². The average molecular weight is 456 g/mol. The van der Waals surface area contributed by atoms with Crippen LogP contribution >= 0.6 is 11.3 Å². The van der Waals surface area contributed by atoms with E-state index in [1.807, 2.05) is 41.1 Å². The smallest absolute Gasteiger partial charge is 0.414 e. The molecule has 33 heavy (non-hydrogen) atoms. The van der Waals surface area contributed by atoms with Crippen molar-refractivity contribution in [2.75, 3.05) is 11.5 Å². The van der Waals surface area contributed by atoms with Gasteiger partial charge in [0.15, 0.2) is 0 Å². The van der Waals surface area contributed by atoms with Crippen molar-refractivity contribution in [2.24, 2.45) is 0 Å². The molecule has 1 amide bonds. The molecule has 0 saturated heterocycles. The van der Waals surface area contributed by atoms with Gasteiger partial charge in [-0.25, -0.2) is 9.59 Å². The number of carboxylic acids is 1. The molecule has 0 radical (unpaired) electrons. The number of hydrogen-bond donors (Lipinski definition) is 1. The summed E-state index contributed by atoms with van der Waals surface area (Å²) in [6.07, 6.45) is -0.467. The first-order valence-corrected chi connectivity index (χ1v) is 11.5. The number of carboxylic acid groups (broad SMARTS) is 1. The lowest BCUT2D eigenvalue weighted by Crippen LogP contribution is -2.32. The van der Waals surface area contributed by atoms with Gasteiger partial charge in [0.1, 0.15) is 6.61 Å². The number of benzene rings is 3. The molecule has 5 rings (SSSR count). The molecule has 5 nitrogen and oxygen atoms in total. The van der Waals surface area contributed by atoms with Gasteiger partial charge in [-0.15, -0.1) is 0 Å². The summed E-state index contributed by atoms with van der Waals surface area (Å²) in [6, 6.07) is 24.6. The monoisotopic (exact) mass is 455 g/mol. The molecule has 1 heterocycles. The number of aromatic carboxylic acids is 1. The van der Waals surface area contributed by atoms with Crippen molar-refractivity contribution in [2.45, 2.75) is 12.5 Å². The zero-order valence-electron chi connectivity index (χ0n) is 17.7. The van der Waals surface area contributed by atoms with Gasteiger partial charge in [0.25, 0.3) is 0 Å². The molecule has 0 saturated carbocycles. The van der Waals surface area contributed by atoms with Gasteiger partial charge in [-0.3, -0.25) is 4.90 Å². The Labute approximate surface area is 195 Å². The summed E-state index contributed by atoms with van der Waals surface area (Å²) in [7, 11) is 0. The zero-order valence-corrected chi connectivity index (χ0v) is 18.5. The average Bonchev–Trinajstić information content (AvgIpc) is 3.47. The first kappa shape index (κ1) is 21.0. The summed E-state index contributed by atoms with van der Waals surface area (Å²) < 4.78 is 5.86. The van der Waals surface area contributed by atoms with E-state index in [4.69, 9.17) is 4.74 Å². The Morgan fingerprint density at radius 1 is 0.879 bits per heavy atom. The fourth-order valence-corrected chi connectivity index (χ4v) is 4.94. The van der Waals surface area contributed by atoms with Crippen molar-refractivity contribution < 1.29 is 19.4 Å². The first-order valence-electron chi connectivity index (χ1n) is 10.6. The summed E-state index contributed by atoms with van der Waals surface area (Å²) in [5.41, 5.74) is 6.39. The Morgan fingerprint density at radius 2 is 1.52 bits per heavy atom. The Balaban J connectivity index is 1.39. The maximum absolute atomic E-state index is 13.3. The summed E-state index contributed by atoms with van der Waals surface area (Å²) in [5.74, 6) is -1.04. The Kier molecular flexibility index (Phi) is 5.67. The normalized spacial score (nSPS) is 12.1. The molecule has 0 unspecified atom stereocenters. The molecule has 1 N–H and O–H groups in total. The van der Waals surface area contributed by atoms with Gasteiger partial charge in [-0.1, -0.05) is 48.5 Å². The van der Waals surface area contributed by atoms with Gasteiger partial charge in [-0.2, -0.15) is 11.3 Å². The van der Waals surface area contributed by atoms with Gasteiger partial charge in [0.2, 0.25) is 0 Å². The molecular formula is C27H21NO4S. The number of hydrogen-bond acceptors (Lipinski definition) is 4. The quantitative estimate of drug-likeness (QED) is 0.365. The Hall–Kier alpha value is -3.90. The number of rotatable bonds is 6. The third-order valence-corrected chi connectivity index (χ3v) is 6.64. The van der Waals surface area contributed by atoms with E-state index >= 15 is 0 Å². The SMILES string of the molecule is O=C(O)c1ccc(N(Cc2ccsc2)C(=O)OCC2c3ccccc3-c3ccccc32)cc1. The van der Waals surface area contributed by atoms with Crippen molar-refractivity contribution in [3.63, 3.8) is 0 Å². The van der Waals surface area contributed by atoms with Gasteiger partial charge in [0, 0.05) is 11.6 Å². The summed E-state index contributed by atoms with van der Waals surface area (Å²) in [4.78, 5) is 26.0. The van der Waals surface area contributed by atoms with E-state index in [2.05, 4.69) is 24.3 Å². The Morgan fingerprint density at radius 3 is 2.09 bits per heavy atom. The van der Waals surface area contributed by atoms with E-state index in [1.165, 1.54) is 23.3 Å². The third-order valence-electron chi connectivity index (χ3n) is 5.90. The molecule has 0 spiro atoms. The van der Waals surface area contributed by atoms with Gasteiger partial charge < -0.3 is 9.84 Å². The minimum Gasteiger partial charge on any atom is -0.478 e. The number of carbonyl (C=O) groups excluding carboxylic acids is 1. The molecule has 0 bridgehead atoms. The molecular weight excluding hydrogens is 434 g/mol. The number of thiophene rings is 1. The number of ether oxygens (including phenoxy) is 1.